The van der Waals surface area contributed by atoms with Crippen molar-refractivity contribution >= 4 is 82.9 Å². The molecular formula is C68H93F2N11O14S. The number of likely N-dealkylation sites (tertiary alicyclic amines) is 3. The molecule has 28 heteroatoms. The fourth-order valence-corrected chi connectivity index (χ4v) is 13.6. The van der Waals surface area contributed by atoms with Gasteiger partial charge in [-0.05, 0) is 107 Å². The highest BCUT2D eigenvalue weighted by Crippen LogP contribution is 2.32. The summed E-state index contributed by atoms with van der Waals surface area (Å²) in [6.07, 6.45) is 14.7. The first-order valence-electron chi connectivity index (χ1n) is 33.3. The second-order valence-electron chi connectivity index (χ2n) is 25.1. The van der Waals surface area contributed by atoms with E-state index in [2.05, 4.69) is 51.1 Å². The highest BCUT2D eigenvalue weighted by molar-refractivity contribution is 8.00. The molecule has 524 valence electrons. The van der Waals surface area contributed by atoms with E-state index in [-0.39, 0.29) is 81.0 Å². The number of aromatic nitrogens is 1. The molecule has 0 radical (unpaired) electrons. The summed E-state index contributed by atoms with van der Waals surface area (Å²) in [5.41, 5.74) is 3.12. The summed E-state index contributed by atoms with van der Waals surface area (Å²) in [5.74, 6) is -2.91. The first-order chi connectivity index (χ1) is 46.3. The molecule has 0 saturated carbocycles. The minimum atomic E-state index is -3.10. The van der Waals surface area contributed by atoms with Crippen LogP contribution in [0.1, 0.15) is 111 Å². The Morgan fingerprint density at radius 1 is 0.792 bits per heavy atom. The molecule has 3 atom stereocenters. The van der Waals surface area contributed by atoms with Gasteiger partial charge in [-0.15, -0.1) is 18.2 Å². The van der Waals surface area contributed by atoms with Crippen LogP contribution in [-0.2, 0) is 59.0 Å². The van der Waals surface area contributed by atoms with Gasteiger partial charge in [-0.3, -0.25) is 77.4 Å². The van der Waals surface area contributed by atoms with Crippen LogP contribution in [0.5, 0.6) is 5.75 Å². The third-order valence-electron chi connectivity index (χ3n) is 17.8. The molecule has 0 bridgehead atoms. The molecule has 7 rings (SSSR count). The monoisotopic (exact) mass is 1360 g/mol. The maximum absolute atomic E-state index is 14.1. The van der Waals surface area contributed by atoms with Crippen LogP contribution >= 0.6 is 11.8 Å². The number of ether oxygens (including phenoxy) is 3. The van der Waals surface area contributed by atoms with Crippen LogP contribution in [0.15, 0.2) is 54.7 Å². The zero-order valence-corrected chi connectivity index (χ0v) is 55.8. The molecular weight excluding hydrogens is 1260 g/mol. The lowest BCUT2D eigenvalue weighted by Crippen LogP contribution is -2.50. The number of carboxylic acid groups (broad SMARTS) is 1. The molecule has 2 unspecified atom stereocenters. The molecule has 7 amide bonds. The molecule has 3 aromatic rings. The summed E-state index contributed by atoms with van der Waals surface area (Å²) >= 11 is 1.31. The summed E-state index contributed by atoms with van der Waals surface area (Å²) in [7, 11) is 0. The number of fused-ring (bicyclic) bond motifs is 1. The van der Waals surface area contributed by atoms with Gasteiger partial charge in [-0.1, -0.05) is 42.2 Å². The molecule has 0 aliphatic carbocycles. The lowest BCUT2D eigenvalue weighted by molar-refractivity contribution is -0.140. The first kappa shape index (κ1) is 75.5. The summed E-state index contributed by atoms with van der Waals surface area (Å²) in [6.45, 7) is 6.22. The van der Waals surface area contributed by atoms with Crippen LogP contribution < -0.4 is 20.7 Å². The highest BCUT2D eigenvalue weighted by Gasteiger charge is 2.46. The number of amides is 7. The molecule has 4 aliphatic rings. The van der Waals surface area contributed by atoms with Gasteiger partial charge in [0, 0.05) is 128 Å². The standard InChI is InChI=1S/C68H93F2N11O14S/c1-3-54-40-68(69,70)45-81(54)64(88)41-73-66(91)56-21-25-71-58-20-19-55(38-57(56)58)95-37-7-5-10-52-22-27-79(28-23-52)62(86)14-9-26-80-63(87)39-59(67(80)92)96-44-53(12-4-6-24-72-60(84)13-8-11-51-17-15-50(2)16-18-51)74-61(85)42-75-29-30-76(43-65(89)90)32-34-78(47-94-49-83)36-35-77(33-31-75)46-93-48-82/h1,15-21,25,38,48-49,52-54,59H,4-14,22-24,26-37,39-47H2,2H3,(H,72,84)(H,73,91)(H,74,85)(H,89,90)/t53?,54-,59?/m0/s1. The summed E-state index contributed by atoms with van der Waals surface area (Å²) in [4.78, 5) is 143. The van der Waals surface area contributed by atoms with Crippen LogP contribution in [0, 0.1) is 25.2 Å². The average Bonchev–Trinajstić information content (AvgIpc) is 1.81. The first-order valence-corrected chi connectivity index (χ1v) is 34.3. The molecule has 1 aromatic heterocycles. The van der Waals surface area contributed by atoms with Crippen molar-refractivity contribution in [1.29, 1.82) is 0 Å². The maximum Gasteiger partial charge on any atom is 0.317 e. The Morgan fingerprint density at radius 2 is 1.47 bits per heavy atom. The smallest absolute Gasteiger partial charge is 0.317 e. The maximum atomic E-state index is 14.1. The van der Waals surface area contributed by atoms with Crippen molar-refractivity contribution in [2.45, 2.75) is 126 Å². The van der Waals surface area contributed by atoms with Crippen molar-refractivity contribution in [3.63, 3.8) is 0 Å². The number of benzene rings is 2. The van der Waals surface area contributed by atoms with Crippen molar-refractivity contribution in [3.05, 3.63) is 71.4 Å². The van der Waals surface area contributed by atoms with Crippen molar-refractivity contribution in [2.24, 2.45) is 5.92 Å². The summed E-state index contributed by atoms with van der Waals surface area (Å²) < 4.78 is 44.1. The quantitative estimate of drug-likeness (QED) is 0.0278. The number of unbranched alkanes of at least 4 members (excludes halogenated alkanes) is 2. The minimum absolute atomic E-state index is 0.00378. The lowest BCUT2D eigenvalue weighted by atomic mass is 9.91. The number of aliphatic carboxylic acids is 1. The molecule has 4 saturated heterocycles. The Balaban J connectivity index is 0.837. The van der Waals surface area contributed by atoms with E-state index in [1.54, 1.807) is 23.1 Å². The summed E-state index contributed by atoms with van der Waals surface area (Å²) in [6, 6.07) is 13.5. The number of imide groups is 1. The molecule has 96 heavy (non-hydrogen) atoms. The van der Waals surface area contributed by atoms with Gasteiger partial charge in [-0.25, -0.2) is 8.78 Å². The van der Waals surface area contributed by atoms with Gasteiger partial charge < -0.3 is 45.1 Å². The fraction of sp³-hybridized carbons (Fsp3) is 0.603. The van der Waals surface area contributed by atoms with Crippen molar-refractivity contribution in [2.75, 3.05) is 131 Å². The van der Waals surface area contributed by atoms with Gasteiger partial charge >= 0.3 is 5.97 Å². The molecule has 2 aromatic carbocycles. The van der Waals surface area contributed by atoms with Crippen LogP contribution in [0.4, 0.5) is 8.78 Å². The van der Waals surface area contributed by atoms with E-state index in [1.807, 2.05) is 26.5 Å². The number of hydrogen-bond acceptors (Lipinski definition) is 19. The Labute approximate surface area is 564 Å². The van der Waals surface area contributed by atoms with E-state index in [9.17, 15) is 61.8 Å². The van der Waals surface area contributed by atoms with E-state index >= 15 is 0 Å². The average molecular weight is 1360 g/mol. The number of carbonyl (C=O) groups excluding carboxylic acids is 9. The number of terminal acetylenes is 1. The molecule has 25 nitrogen and oxygen atoms in total. The van der Waals surface area contributed by atoms with Gasteiger partial charge in [0.1, 0.15) is 19.2 Å². The zero-order chi connectivity index (χ0) is 68.8. The van der Waals surface area contributed by atoms with Gasteiger partial charge in [0.2, 0.25) is 35.4 Å². The number of rotatable bonds is 36. The number of piperidine rings is 1. The number of carboxylic acids is 1. The molecule has 4 N–H and O–H groups in total. The number of pyridine rings is 1. The molecule has 4 aliphatic heterocycles. The lowest BCUT2D eigenvalue weighted by Gasteiger charge is -2.33. The van der Waals surface area contributed by atoms with E-state index in [1.165, 1.54) is 40.1 Å². The number of carbonyl (C=O) groups is 10. The second kappa shape index (κ2) is 39.4. The molecule has 0 spiro atoms. The third kappa shape index (κ3) is 25.3. The van der Waals surface area contributed by atoms with Gasteiger partial charge in [0.05, 0.1) is 55.2 Å². The third-order valence-corrected chi connectivity index (χ3v) is 19.2. The number of hydrogen-bond donors (Lipinski definition) is 4. The Bertz CT molecular complexity index is 3140. The Kier molecular flexibility index (Phi) is 31.0. The SMILES string of the molecule is C#C[C@H]1CC(F)(F)CN1C(=O)CNC(=O)c1ccnc2ccc(OCCCCC3CCN(C(=O)CCCN4C(=O)CC(SCC(CCCCNC(=O)CCCc5ccc(C)cc5)NC(=O)CN5CCN(COC=O)CCN(COC=O)CCN(CC(=O)O)CC5)C4=O)CC3)cc12. The predicted molar refractivity (Wildman–Crippen MR) is 354 cm³/mol. The van der Waals surface area contributed by atoms with Crippen LogP contribution in [0.25, 0.3) is 10.9 Å². The minimum Gasteiger partial charge on any atom is -0.494 e. The van der Waals surface area contributed by atoms with Gasteiger partial charge in [0.25, 0.3) is 24.8 Å². The number of alkyl halides is 2. The Hall–Kier alpha value is -7.84. The predicted octanol–water partition coefficient (Wildman–Crippen LogP) is 3.93. The van der Waals surface area contributed by atoms with Crippen molar-refractivity contribution in [3.8, 4) is 18.1 Å². The van der Waals surface area contributed by atoms with Gasteiger partial charge in [-0.2, -0.15) is 0 Å². The van der Waals surface area contributed by atoms with E-state index in [0.29, 0.717) is 158 Å². The van der Waals surface area contributed by atoms with E-state index in [0.717, 1.165) is 43.4 Å². The van der Waals surface area contributed by atoms with Gasteiger partial charge in [0.15, 0.2) is 0 Å². The normalized spacial score (nSPS) is 19.0. The summed E-state index contributed by atoms with van der Waals surface area (Å²) in [5, 5.41) is 18.3. The molecule has 4 fully saturated rings. The molecule has 5 heterocycles. The topological polar surface area (TPSA) is 290 Å². The largest absolute Gasteiger partial charge is 0.494 e. The number of thioether (sulfide) groups is 1. The number of nitrogens with one attached hydrogen (secondary N) is 3. The number of halogens is 2. The van der Waals surface area contributed by atoms with Crippen LogP contribution in [0.3, 0.4) is 0 Å². The van der Waals surface area contributed by atoms with Crippen LogP contribution in [0.2, 0.25) is 0 Å². The zero-order valence-electron chi connectivity index (χ0n) is 55.0. The second-order valence-corrected chi connectivity index (χ2v) is 26.3. The van der Waals surface area contributed by atoms with Crippen molar-refractivity contribution in [1.82, 2.24) is 55.2 Å². The number of nitrogens with zero attached hydrogens (tertiary/aromatic N) is 8. The van der Waals surface area contributed by atoms with E-state index in [4.69, 9.17) is 20.6 Å². The van der Waals surface area contributed by atoms with Crippen molar-refractivity contribution < 1.29 is 76.0 Å². The number of aryl methyl sites for hydroxylation is 2. The van der Waals surface area contributed by atoms with Crippen LogP contribution in [-0.4, -0.2) is 258 Å². The Morgan fingerprint density at radius 3 is 2.14 bits per heavy atom. The van der Waals surface area contributed by atoms with E-state index < -0.39 is 60.6 Å². The fourth-order valence-electron chi connectivity index (χ4n) is 12.3. The highest BCUT2D eigenvalue weighted by atomic mass is 32.2.